The first-order chi connectivity index (χ1) is 35.7. The molecule has 10 aromatic carbocycles. The van der Waals surface area contributed by atoms with E-state index in [0.29, 0.717) is 17.6 Å². The number of benzene rings is 10. The largest absolute Gasteiger partial charge is 0.458 e. The summed E-state index contributed by atoms with van der Waals surface area (Å²) in [6.07, 6.45) is 0. The highest BCUT2D eigenvalue weighted by Gasteiger charge is 2.40. The second-order valence-corrected chi connectivity index (χ2v) is 18.7. The third kappa shape index (κ3) is 5.55. The third-order valence-electron chi connectivity index (χ3n) is 14.8. The molecule has 0 N–H and O–H groups in total. The second-order valence-electron chi connectivity index (χ2n) is 18.7. The Balaban J connectivity index is 0.922. The summed E-state index contributed by atoms with van der Waals surface area (Å²) in [5.41, 5.74) is 13.5. The standard InChI is InChI=1S/C63H37BN6O2/c1-2-17-38(18-3-1)61-65-62(67-63(66-61)70-50-28-11-4-21-42(50)43-22-5-12-29-51(43)70)39-19-16-20-40(35-39)69-49-27-10-6-23-44(49)45-33-34-53-58(60(45)69)46-24-7-13-30-52(46)68(53)41-36-56-59-57(37-41)72-55-32-15-9-26-48(55)64(59)47-25-8-14-31-54(47)71-56/h1-37H. The lowest BCUT2D eigenvalue weighted by Gasteiger charge is -2.33. The normalized spacial score (nSPS) is 12.6. The Kier molecular flexibility index (Phi) is 8.10. The van der Waals surface area contributed by atoms with Gasteiger partial charge in [-0.25, -0.2) is 4.98 Å². The van der Waals surface area contributed by atoms with Crippen LogP contribution in [-0.4, -0.2) is 35.4 Å². The highest BCUT2D eigenvalue weighted by Crippen LogP contribution is 2.44. The van der Waals surface area contributed by atoms with Crippen LogP contribution in [0.5, 0.6) is 23.0 Å². The molecule has 14 aromatic rings. The number of hydrogen-bond acceptors (Lipinski definition) is 5. The van der Waals surface area contributed by atoms with Crippen molar-refractivity contribution in [2.45, 2.75) is 0 Å². The molecule has 2 aliphatic heterocycles. The lowest BCUT2D eigenvalue weighted by molar-refractivity contribution is 0.464. The summed E-state index contributed by atoms with van der Waals surface area (Å²) in [5.74, 6) is 5.07. The van der Waals surface area contributed by atoms with Gasteiger partial charge in [-0.15, -0.1) is 0 Å². The quantitative estimate of drug-likeness (QED) is 0.161. The average Bonchev–Trinajstić information content (AvgIpc) is 4.09. The maximum atomic E-state index is 6.82. The van der Waals surface area contributed by atoms with Gasteiger partial charge in [0.25, 0.3) is 6.71 Å². The maximum Gasteiger partial charge on any atom is 0.260 e. The molecule has 6 heterocycles. The van der Waals surface area contributed by atoms with Crippen LogP contribution in [0.3, 0.4) is 0 Å². The van der Waals surface area contributed by atoms with Crippen LogP contribution >= 0.6 is 0 Å². The Morgan fingerprint density at radius 3 is 1.50 bits per heavy atom. The monoisotopic (exact) mass is 920 g/mol. The summed E-state index contributed by atoms with van der Waals surface area (Å²) >= 11 is 0. The lowest BCUT2D eigenvalue weighted by atomic mass is 9.35. The molecule has 0 radical (unpaired) electrons. The lowest BCUT2D eigenvalue weighted by Crippen LogP contribution is -2.57. The first kappa shape index (κ1) is 39.2. The van der Waals surface area contributed by atoms with E-state index in [0.717, 1.165) is 122 Å². The smallest absolute Gasteiger partial charge is 0.260 e. The van der Waals surface area contributed by atoms with Crippen molar-refractivity contribution >= 4 is 88.5 Å². The van der Waals surface area contributed by atoms with Gasteiger partial charge in [-0.3, -0.25) is 4.57 Å². The maximum absolute atomic E-state index is 6.82. The molecule has 0 fully saturated rings. The highest BCUT2D eigenvalue weighted by atomic mass is 16.5. The van der Waals surface area contributed by atoms with E-state index < -0.39 is 0 Å². The van der Waals surface area contributed by atoms with Gasteiger partial charge in [-0.05, 0) is 65.5 Å². The molecule has 0 aliphatic carbocycles. The zero-order valence-corrected chi connectivity index (χ0v) is 38.4. The molecule has 9 heteroatoms. The Labute approximate surface area is 412 Å². The molecule has 2 aliphatic rings. The Hall–Kier alpha value is -9.73. The van der Waals surface area contributed by atoms with Crippen LogP contribution in [0.15, 0.2) is 224 Å². The van der Waals surface area contributed by atoms with Gasteiger partial charge in [0.05, 0.1) is 38.8 Å². The van der Waals surface area contributed by atoms with Crippen LogP contribution in [0.4, 0.5) is 0 Å². The summed E-state index contributed by atoms with van der Waals surface area (Å²) in [6.45, 7) is -0.00841. The van der Waals surface area contributed by atoms with Crippen LogP contribution in [0, 0.1) is 0 Å². The summed E-state index contributed by atoms with van der Waals surface area (Å²) in [6, 6.07) is 78.8. The minimum Gasteiger partial charge on any atom is -0.458 e. The number of nitrogens with zero attached hydrogens (tertiary/aromatic N) is 6. The van der Waals surface area contributed by atoms with E-state index in [1.807, 2.05) is 30.3 Å². The SMILES string of the molecule is c1ccc(-c2nc(-c3cccc(-n4c5ccccc5c5ccc6c(c7ccccc7n6-c6cc7c8c(c6)Oc6ccccc6B8c6ccccc6O7)c54)c3)nc(-n3c4ccccc4c4ccccc43)n2)cc1. The molecular weight excluding hydrogens is 884 g/mol. The molecule has 4 aromatic heterocycles. The van der Waals surface area contributed by atoms with Crippen LogP contribution in [0.25, 0.3) is 106 Å². The van der Waals surface area contributed by atoms with E-state index in [-0.39, 0.29) is 6.71 Å². The molecular formula is C63H37BN6O2. The molecule has 334 valence electrons. The first-order valence-electron chi connectivity index (χ1n) is 24.3. The third-order valence-corrected chi connectivity index (χ3v) is 14.8. The van der Waals surface area contributed by atoms with E-state index >= 15 is 0 Å². The number of aromatic nitrogens is 6. The van der Waals surface area contributed by atoms with Gasteiger partial charge >= 0.3 is 0 Å². The molecule has 0 atom stereocenters. The Morgan fingerprint density at radius 2 is 0.847 bits per heavy atom. The highest BCUT2D eigenvalue weighted by molar-refractivity contribution is 6.98. The number of rotatable bonds is 5. The van der Waals surface area contributed by atoms with Crippen molar-refractivity contribution in [3.8, 4) is 63.1 Å². The number of hydrogen-bond donors (Lipinski definition) is 0. The summed E-state index contributed by atoms with van der Waals surface area (Å²) in [5, 5.41) is 6.90. The summed E-state index contributed by atoms with van der Waals surface area (Å²) in [4.78, 5) is 15.8. The van der Waals surface area contributed by atoms with Gasteiger partial charge in [-0.2, -0.15) is 9.97 Å². The van der Waals surface area contributed by atoms with E-state index in [4.69, 9.17) is 24.4 Å². The fourth-order valence-electron chi connectivity index (χ4n) is 11.8. The van der Waals surface area contributed by atoms with Crippen LogP contribution < -0.4 is 25.9 Å². The van der Waals surface area contributed by atoms with Crippen molar-refractivity contribution in [2.24, 2.45) is 0 Å². The fourth-order valence-corrected chi connectivity index (χ4v) is 11.8. The van der Waals surface area contributed by atoms with Gasteiger partial charge in [0.15, 0.2) is 11.6 Å². The number of ether oxygens (including phenoxy) is 2. The zero-order valence-electron chi connectivity index (χ0n) is 38.4. The predicted octanol–water partition coefficient (Wildman–Crippen LogP) is 13.2. The minimum atomic E-state index is -0.00841. The topological polar surface area (TPSA) is 71.9 Å². The molecule has 0 saturated carbocycles. The zero-order chi connectivity index (χ0) is 47.0. The fraction of sp³-hybridized carbons (Fsp3) is 0. The van der Waals surface area contributed by atoms with E-state index in [1.54, 1.807) is 0 Å². The van der Waals surface area contributed by atoms with Gasteiger partial charge in [0.1, 0.15) is 23.0 Å². The van der Waals surface area contributed by atoms with E-state index in [1.165, 1.54) is 5.39 Å². The van der Waals surface area contributed by atoms with Gasteiger partial charge in [0, 0.05) is 66.7 Å². The van der Waals surface area contributed by atoms with Crippen LogP contribution in [0.1, 0.15) is 0 Å². The van der Waals surface area contributed by atoms with Crippen molar-refractivity contribution in [2.75, 3.05) is 0 Å². The molecule has 0 unspecified atom stereocenters. The molecule has 72 heavy (non-hydrogen) atoms. The molecule has 8 nitrogen and oxygen atoms in total. The Bertz CT molecular complexity index is 4490. The van der Waals surface area contributed by atoms with E-state index in [9.17, 15) is 0 Å². The molecule has 0 amide bonds. The van der Waals surface area contributed by atoms with Crippen molar-refractivity contribution in [3.05, 3.63) is 224 Å². The number of para-hydroxylation sites is 6. The van der Waals surface area contributed by atoms with Crippen molar-refractivity contribution < 1.29 is 9.47 Å². The molecule has 16 rings (SSSR count). The van der Waals surface area contributed by atoms with Gasteiger partial charge in [0.2, 0.25) is 5.95 Å². The van der Waals surface area contributed by atoms with Crippen LogP contribution in [0.2, 0.25) is 0 Å². The minimum absolute atomic E-state index is 0.00841. The van der Waals surface area contributed by atoms with Crippen molar-refractivity contribution in [1.82, 2.24) is 28.7 Å². The summed E-state index contributed by atoms with van der Waals surface area (Å²) in [7, 11) is 0. The first-order valence-corrected chi connectivity index (χ1v) is 24.3. The van der Waals surface area contributed by atoms with E-state index in [2.05, 4.69) is 208 Å². The average molecular weight is 921 g/mol. The second kappa shape index (κ2) is 14.9. The molecule has 0 saturated heterocycles. The van der Waals surface area contributed by atoms with Gasteiger partial charge < -0.3 is 18.6 Å². The molecule has 0 bridgehead atoms. The van der Waals surface area contributed by atoms with Gasteiger partial charge in [-0.1, -0.05) is 158 Å². The van der Waals surface area contributed by atoms with Crippen molar-refractivity contribution in [1.29, 1.82) is 0 Å². The van der Waals surface area contributed by atoms with Crippen LogP contribution in [-0.2, 0) is 0 Å². The predicted molar refractivity (Wildman–Crippen MR) is 291 cm³/mol. The van der Waals surface area contributed by atoms with Crippen molar-refractivity contribution in [3.63, 3.8) is 0 Å². The summed E-state index contributed by atoms with van der Waals surface area (Å²) < 4.78 is 20.6. The Morgan fingerprint density at radius 1 is 0.333 bits per heavy atom. The molecule has 0 spiro atoms. The number of fused-ring (bicyclic) bond motifs is 14.